The fraction of sp³-hybridized carbons (Fsp3) is 0.200. The number of hydrogen-bond donors (Lipinski definition) is 2. The zero-order chi connectivity index (χ0) is 19.1. The second-order valence-corrected chi connectivity index (χ2v) is 5.90. The molecule has 0 aliphatic rings. The van der Waals surface area contributed by atoms with Gasteiger partial charge < -0.3 is 10.6 Å². The molecule has 3 rings (SSSR count). The first-order valence-corrected chi connectivity index (χ1v) is 8.76. The molecule has 0 bridgehead atoms. The van der Waals surface area contributed by atoms with Gasteiger partial charge in [-0.05, 0) is 24.1 Å². The van der Waals surface area contributed by atoms with Gasteiger partial charge in [-0.15, -0.1) is 0 Å². The Labute approximate surface area is 157 Å². The van der Waals surface area contributed by atoms with Crippen LogP contribution in [0.2, 0.25) is 0 Å². The molecule has 0 saturated heterocycles. The van der Waals surface area contributed by atoms with Crippen LogP contribution in [0.4, 0.5) is 0 Å². The zero-order valence-electron chi connectivity index (χ0n) is 15.1. The molecule has 0 unspecified atom stereocenters. The number of rotatable bonds is 7. The van der Waals surface area contributed by atoms with Crippen LogP contribution in [0, 0.1) is 0 Å². The van der Waals surface area contributed by atoms with E-state index < -0.39 is 0 Å². The normalized spacial score (nSPS) is 10.4. The highest BCUT2D eigenvalue weighted by Gasteiger charge is 2.18. The molecule has 7 heteroatoms. The molecule has 0 atom stereocenters. The van der Waals surface area contributed by atoms with Gasteiger partial charge in [0.1, 0.15) is 0 Å². The number of carbonyl (C=O) groups is 2. The fourth-order valence-corrected chi connectivity index (χ4v) is 2.69. The van der Waals surface area contributed by atoms with Gasteiger partial charge in [0.2, 0.25) is 5.91 Å². The number of pyridine rings is 1. The van der Waals surface area contributed by atoms with Crippen LogP contribution in [0.1, 0.15) is 28.5 Å². The Morgan fingerprint density at radius 3 is 2.52 bits per heavy atom. The Bertz CT molecular complexity index is 907. The SMILES string of the molecule is CCc1c(C(=O)NCC(=O)NCc2ccccc2)cnn1-c1ccccn1. The van der Waals surface area contributed by atoms with Crippen molar-refractivity contribution in [1.29, 1.82) is 0 Å². The lowest BCUT2D eigenvalue weighted by Crippen LogP contribution is -2.36. The first kappa shape index (κ1) is 18.3. The van der Waals surface area contributed by atoms with Crippen molar-refractivity contribution in [1.82, 2.24) is 25.4 Å². The maximum absolute atomic E-state index is 12.5. The summed E-state index contributed by atoms with van der Waals surface area (Å²) in [6, 6.07) is 15.1. The van der Waals surface area contributed by atoms with Crippen LogP contribution in [0.5, 0.6) is 0 Å². The molecule has 0 aliphatic heterocycles. The topological polar surface area (TPSA) is 88.9 Å². The van der Waals surface area contributed by atoms with E-state index in [9.17, 15) is 9.59 Å². The lowest BCUT2D eigenvalue weighted by Gasteiger charge is -2.08. The number of nitrogens with zero attached hydrogens (tertiary/aromatic N) is 3. The van der Waals surface area contributed by atoms with E-state index in [1.807, 2.05) is 55.5 Å². The highest BCUT2D eigenvalue weighted by Crippen LogP contribution is 2.14. The molecule has 0 radical (unpaired) electrons. The van der Waals surface area contributed by atoms with Gasteiger partial charge in [-0.25, -0.2) is 9.67 Å². The summed E-state index contributed by atoms with van der Waals surface area (Å²) in [6.07, 6.45) is 3.79. The predicted molar refractivity (Wildman–Crippen MR) is 101 cm³/mol. The Morgan fingerprint density at radius 1 is 1.04 bits per heavy atom. The van der Waals surface area contributed by atoms with Gasteiger partial charge in [0.05, 0.1) is 24.0 Å². The number of amides is 2. The van der Waals surface area contributed by atoms with E-state index in [1.54, 1.807) is 10.9 Å². The first-order chi connectivity index (χ1) is 13.2. The van der Waals surface area contributed by atoms with Crippen molar-refractivity contribution in [3.05, 3.63) is 77.7 Å². The summed E-state index contributed by atoms with van der Waals surface area (Å²) in [5.74, 6) is 0.0697. The van der Waals surface area contributed by atoms with Gasteiger partial charge in [-0.3, -0.25) is 9.59 Å². The number of aromatic nitrogens is 3. The van der Waals surface area contributed by atoms with Crippen LogP contribution in [0.3, 0.4) is 0 Å². The van der Waals surface area contributed by atoms with Crippen molar-refractivity contribution in [2.75, 3.05) is 6.54 Å². The van der Waals surface area contributed by atoms with Crippen molar-refractivity contribution in [3.63, 3.8) is 0 Å². The summed E-state index contributed by atoms with van der Waals surface area (Å²) >= 11 is 0. The van der Waals surface area contributed by atoms with Crippen molar-refractivity contribution in [2.45, 2.75) is 19.9 Å². The molecule has 2 amide bonds. The van der Waals surface area contributed by atoms with E-state index in [0.717, 1.165) is 11.3 Å². The minimum atomic E-state index is -0.330. The lowest BCUT2D eigenvalue weighted by molar-refractivity contribution is -0.120. The van der Waals surface area contributed by atoms with Crippen molar-refractivity contribution >= 4 is 11.8 Å². The Kier molecular flexibility index (Phi) is 5.94. The number of carbonyl (C=O) groups excluding carboxylic acids is 2. The molecule has 138 valence electrons. The number of hydrogen-bond acceptors (Lipinski definition) is 4. The van der Waals surface area contributed by atoms with Crippen LogP contribution in [0.25, 0.3) is 5.82 Å². The molecular formula is C20H21N5O2. The quantitative estimate of drug-likeness (QED) is 0.671. The van der Waals surface area contributed by atoms with E-state index in [0.29, 0.717) is 24.3 Å². The molecule has 3 aromatic rings. The Morgan fingerprint density at radius 2 is 1.81 bits per heavy atom. The van der Waals surface area contributed by atoms with Crippen LogP contribution in [-0.2, 0) is 17.8 Å². The first-order valence-electron chi connectivity index (χ1n) is 8.76. The summed E-state index contributed by atoms with van der Waals surface area (Å²) in [4.78, 5) is 28.7. The molecule has 7 nitrogen and oxygen atoms in total. The van der Waals surface area contributed by atoms with E-state index in [1.165, 1.54) is 6.20 Å². The van der Waals surface area contributed by atoms with Crippen molar-refractivity contribution in [3.8, 4) is 5.82 Å². The Balaban J connectivity index is 1.59. The van der Waals surface area contributed by atoms with Gasteiger partial charge in [-0.1, -0.05) is 43.3 Å². The smallest absolute Gasteiger partial charge is 0.255 e. The highest BCUT2D eigenvalue weighted by atomic mass is 16.2. The van der Waals surface area contributed by atoms with Gasteiger partial charge in [-0.2, -0.15) is 5.10 Å². The fourth-order valence-electron chi connectivity index (χ4n) is 2.69. The molecule has 2 heterocycles. The lowest BCUT2D eigenvalue weighted by atomic mass is 10.2. The zero-order valence-corrected chi connectivity index (χ0v) is 15.1. The van der Waals surface area contributed by atoms with Crippen LogP contribution in [0.15, 0.2) is 60.9 Å². The predicted octanol–water partition coefficient (Wildman–Crippen LogP) is 1.88. The molecule has 27 heavy (non-hydrogen) atoms. The maximum atomic E-state index is 12.5. The third-order valence-electron chi connectivity index (χ3n) is 4.06. The highest BCUT2D eigenvalue weighted by molar-refractivity contribution is 5.97. The van der Waals surface area contributed by atoms with Crippen molar-refractivity contribution < 1.29 is 9.59 Å². The molecule has 0 fully saturated rings. The minimum Gasteiger partial charge on any atom is -0.350 e. The minimum absolute atomic E-state index is 0.0937. The van der Waals surface area contributed by atoms with Gasteiger partial charge in [0, 0.05) is 12.7 Å². The number of benzene rings is 1. The van der Waals surface area contributed by atoms with Gasteiger partial charge >= 0.3 is 0 Å². The summed E-state index contributed by atoms with van der Waals surface area (Å²) < 4.78 is 1.64. The van der Waals surface area contributed by atoms with E-state index in [-0.39, 0.29) is 18.4 Å². The van der Waals surface area contributed by atoms with E-state index in [2.05, 4.69) is 20.7 Å². The molecule has 1 aromatic carbocycles. The molecule has 0 spiro atoms. The second-order valence-electron chi connectivity index (χ2n) is 5.90. The molecule has 2 aromatic heterocycles. The van der Waals surface area contributed by atoms with Crippen LogP contribution >= 0.6 is 0 Å². The second kappa shape index (κ2) is 8.75. The molecule has 0 saturated carbocycles. The monoisotopic (exact) mass is 363 g/mol. The summed E-state index contributed by atoms with van der Waals surface area (Å²) in [5, 5.41) is 9.70. The molecule has 0 aliphatic carbocycles. The third-order valence-corrected chi connectivity index (χ3v) is 4.06. The van der Waals surface area contributed by atoms with Crippen LogP contribution < -0.4 is 10.6 Å². The largest absolute Gasteiger partial charge is 0.350 e. The van der Waals surface area contributed by atoms with Crippen LogP contribution in [-0.4, -0.2) is 33.1 Å². The average molecular weight is 363 g/mol. The molecular weight excluding hydrogens is 342 g/mol. The summed E-state index contributed by atoms with van der Waals surface area (Å²) in [7, 11) is 0. The Hall–Kier alpha value is -3.48. The average Bonchev–Trinajstić information content (AvgIpc) is 3.16. The molecule has 2 N–H and O–H groups in total. The standard InChI is InChI=1S/C20H21N5O2/c1-2-17-16(13-24-25(17)18-10-6-7-11-21-18)20(27)23-14-19(26)22-12-15-8-4-3-5-9-15/h3-11,13H,2,12,14H2,1H3,(H,22,26)(H,23,27). The summed E-state index contributed by atoms with van der Waals surface area (Å²) in [6.45, 7) is 2.27. The van der Waals surface area contributed by atoms with Gasteiger partial charge in [0.15, 0.2) is 5.82 Å². The van der Waals surface area contributed by atoms with Crippen molar-refractivity contribution in [2.24, 2.45) is 0 Å². The van der Waals surface area contributed by atoms with Gasteiger partial charge in [0.25, 0.3) is 5.91 Å². The number of nitrogens with one attached hydrogen (secondary N) is 2. The van der Waals surface area contributed by atoms with E-state index >= 15 is 0 Å². The third kappa shape index (κ3) is 4.58. The maximum Gasteiger partial charge on any atom is 0.255 e. The summed E-state index contributed by atoms with van der Waals surface area (Å²) in [5.41, 5.74) is 2.19. The van der Waals surface area contributed by atoms with E-state index in [4.69, 9.17) is 0 Å².